The molecule has 0 unspecified atom stereocenters. The fourth-order valence-electron chi connectivity index (χ4n) is 2.17. The van der Waals surface area contributed by atoms with Gasteiger partial charge in [-0.2, -0.15) is 0 Å². The Bertz CT molecular complexity index is 888. The number of benzene rings is 1. The van der Waals surface area contributed by atoms with Crippen molar-refractivity contribution in [3.63, 3.8) is 0 Å². The Morgan fingerprint density at radius 2 is 1.85 bits per heavy atom. The molecule has 0 amide bonds. The van der Waals surface area contributed by atoms with Crippen LogP contribution in [0.1, 0.15) is 11.1 Å². The largest absolute Gasteiger partial charge is 0.270 e. The van der Waals surface area contributed by atoms with Crippen molar-refractivity contribution < 1.29 is 0 Å². The van der Waals surface area contributed by atoms with Crippen molar-refractivity contribution in [2.75, 3.05) is 0 Å². The van der Waals surface area contributed by atoms with Crippen molar-refractivity contribution in [2.45, 2.75) is 13.5 Å². The molecule has 3 heterocycles. The van der Waals surface area contributed by atoms with E-state index in [0.717, 1.165) is 5.56 Å². The third-order valence-electron chi connectivity index (χ3n) is 3.25. The zero-order valence-corrected chi connectivity index (χ0v) is 10.8. The summed E-state index contributed by atoms with van der Waals surface area (Å²) in [7, 11) is 0. The topological polar surface area (TPSA) is 73.8 Å². The van der Waals surface area contributed by atoms with Crippen LogP contribution in [0.2, 0.25) is 0 Å². The second-order valence-corrected chi connectivity index (χ2v) is 4.71. The Kier molecular flexibility index (Phi) is 2.26. The second-order valence-electron chi connectivity index (χ2n) is 4.71. The van der Waals surface area contributed by atoms with E-state index in [1.807, 2.05) is 0 Å². The number of aromatic nitrogens is 7. The van der Waals surface area contributed by atoms with Gasteiger partial charge in [0, 0.05) is 0 Å². The Labute approximate surface area is 113 Å². The van der Waals surface area contributed by atoms with E-state index < -0.39 is 0 Å². The maximum absolute atomic E-state index is 4.38. The van der Waals surface area contributed by atoms with E-state index in [2.05, 4.69) is 56.7 Å². The van der Waals surface area contributed by atoms with E-state index >= 15 is 0 Å². The summed E-state index contributed by atoms with van der Waals surface area (Å²) in [5.41, 5.74) is 4.44. The molecule has 7 heteroatoms. The smallest absolute Gasteiger partial charge is 0.193 e. The molecule has 4 aromatic rings. The van der Waals surface area contributed by atoms with Crippen molar-refractivity contribution in [3.05, 3.63) is 48.0 Å². The summed E-state index contributed by atoms with van der Waals surface area (Å²) in [6.07, 6.45) is 3.27. The Balaban J connectivity index is 1.82. The highest BCUT2D eigenvalue weighted by atomic mass is 15.4. The van der Waals surface area contributed by atoms with Gasteiger partial charge in [0.25, 0.3) is 0 Å². The van der Waals surface area contributed by atoms with E-state index in [4.69, 9.17) is 0 Å². The highest BCUT2D eigenvalue weighted by molar-refractivity contribution is 5.84. The van der Waals surface area contributed by atoms with Crippen molar-refractivity contribution in [1.82, 2.24) is 34.6 Å². The SMILES string of the molecule is Cc1ccc(Cn2nnc3c2ncn2cnnc32)cc1. The van der Waals surface area contributed by atoms with Crippen LogP contribution in [0, 0.1) is 6.92 Å². The molecule has 0 saturated carbocycles. The first-order valence-electron chi connectivity index (χ1n) is 6.24. The monoisotopic (exact) mass is 265 g/mol. The first-order valence-corrected chi connectivity index (χ1v) is 6.24. The zero-order chi connectivity index (χ0) is 13.5. The second kappa shape index (κ2) is 4.09. The van der Waals surface area contributed by atoms with Gasteiger partial charge in [0.2, 0.25) is 0 Å². The zero-order valence-electron chi connectivity index (χ0n) is 10.8. The molecule has 0 bridgehead atoms. The van der Waals surface area contributed by atoms with Crippen LogP contribution in [0.15, 0.2) is 36.9 Å². The van der Waals surface area contributed by atoms with Gasteiger partial charge < -0.3 is 0 Å². The van der Waals surface area contributed by atoms with Crippen LogP contribution in [0.25, 0.3) is 16.8 Å². The van der Waals surface area contributed by atoms with E-state index in [1.54, 1.807) is 21.7 Å². The maximum atomic E-state index is 4.38. The highest BCUT2D eigenvalue weighted by Gasteiger charge is 2.11. The molecule has 4 rings (SSSR count). The minimum atomic E-state index is 0.633. The fourth-order valence-corrected chi connectivity index (χ4v) is 2.17. The first kappa shape index (κ1) is 11.0. The lowest BCUT2D eigenvalue weighted by molar-refractivity contribution is 0.663. The number of aryl methyl sites for hydroxylation is 1. The molecule has 0 radical (unpaired) electrons. The molecule has 20 heavy (non-hydrogen) atoms. The molecular formula is C13H11N7. The van der Waals surface area contributed by atoms with Crippen LogP contribution >= 0.6 is 0 Å². The van der Waals surface area contributed by atoms with E-state index in [-0.39, 0.29) is 0 Å². The standard InChI is InChI=1S/C13H11N7/c1-9-2-4-10(5-3-9)6-20-12-11(16-18-20)13-17-15-8-19(13)7-14-12/h2-5,7-8H,6H2,1H3. The average molecular weight is 265 g/mol. The van der Waals surface area contributed by atoms with Gasteiger partial charge in [0.15, 0.2) is 16.8 Å². The van der Waals surface area contributed by atoms with Gasteiger partial charge in [-0.3, -0.25) is 4.40 Å². The minimum Gasteiger partial charge on any atom is -0.270 e. The molecule has 0 atom stereocenters. The van der Waals surface area contributed by atoms with Crippen molar-refractivity contribution in [2.24, 2.45) is 0 Å². The van der Waals surface area contributed by atoms with Gasteiger partial charge in [-0.15, -0.1) is 15.3 Å². The Hall–Kier alpha value is -2.83. The van der Waals surface area contributed by atoms with Crippen molar-refractivity contribution in [3.8, 4) is 0 Å². The van der Waals surface area contributed by atoms with Gasteiger partial charge in [-0.1, -0.05) is 35.0 Å². The first-order chi connectivity index (χ1) is 9.81. The Morgan fingerprint density at radius 1 is 1.00 bits per heavy atom. The highest BCUT2D eigenvalue weighted by Crippen LogP contribution is 2.14. The molecule has 1 aromatic carbocycles. The number of rotatable bonds is 2. The van der Waals surface area contributed by atoms with Gasteiger partial charge in [0.05, 0.1) is 6.54 Å². The van der Waals surface area contributed by atoms with Crippen LogP contribution in [0.3, 0.4) is 0 Å². The molecule has 0 aliphatic heterocycles. The molecule has 0 N–H and O–H groups in total. The van der Waals surface area contributed by atoms with Gasteiger partial charge in [0.1, 0.15) is 12.7 Å². The number of hydrogen-bond donors (Lipinski definition) is 0. The number of hydrogen-bond acceptors (Lipinski definition) is 5. The molecule has 3 aromatic heterocycles. The lowest BCUT2D eigenvalue weighted by atomic mass is 10.1. The van der Waals surface area contributed by atoms with E-state index in [9.17, 15) is 0 Å². The maximum Gasteiger partial charge on any atom is 0.193 e. The molecular weight excluding hydrogens is 254 g/mol. The predicted molar refractivity (Wildman–Crippen MR) is 72.1 cm³/mol. The predicted octanol–water partition coefficient (Wildman–Crippen LogP) is 1.23. The summed E-state index contributed by atoms with van der Waals surface area (Å²) in [4.78, 5) is 4.38. The quantitative estimate of drug-likeness (QED) is 0.545. The average Bonchev–Trinajstić information content (AvgIpc) is 3.07. The molecule has 0 aliphatic carbocycles. The molecule has 98 valence electrons. The van der Waals surface area contributed by atoms with Gasteiger partial charge >= 0.3 is 0 Å². The molecule has 0 aliphatic rings. The summed E-state index contributed by atoms with van der Waals surface area (Å²) < 4.78 is 3.50. The summed E-state index contributed by atoms with van der Waals surface area (Å²) >= 11 is 0. The minimum absolute atomic E-state index is 0.633. The summed E-state index contributed by atoms with van der Waals surface area (Å²) in [5, 5.41) is 16.2. The van der Waals surface area contributed by atoms with Crippen LogP contribution in [0.4, 0.5) is 0 Å². The molecule has 0 spiro atoms. The fraction of sp³-hybridized carbons (Fsp3) is 0.154. The molecule has 7 nitrogen and oxygen atoms in total. The molecule has 0 fully saturated rings. The third kappa shape index (κ3) is 1.63. The van der Waals surface area contributed by atoms with E-state index in [1.165, 1.54) is 5.56 Å². The third-order valence-corrected chi connectivity index (χ3v) is 3.25. The van der Waals surface area contributed by atoms with Crippen molar-refractivity contribution >= 4 is 16.8 Å². The number of nitrogens with zero attached hydrogens (tertiary/aromatic N) is 7. The Morgan fingerprint density at radius 3 is 2.70 bits per heavy atom. The summed E-state index contributed by atoms with van der Waals surface area (Å²) in [6, 6.07) is 8.33. The van der Waals surface area contributed by atoms with Crippen LogP contribution in [0.5, 0.6) is 0 Å². The van der Waals surface area contributed by atoms with E-state index in [0.29, 0.717) is 23.4 Å². The van der Waals surface area contributed by atoms with Crippen LogP contribution in [-0.2, 0) is 6.54 Å². The van der Waals surface area contributed by atoms with Gasteiger partial charge in [-0.25, -0.2) is 9.67 Å². The van der Waals surface area contributed by atoms with Crippen molar-refractivity contribution in [1.29, 1.82) is 0 Å². The van der Waals surface area contributed by atoms with Crippen LogP contribution < -0.4 is 0 Å². The number of fused-ring (bicyclic) bond motifs is 3. The summed E-state index contributed by atoms with van der Waals surface area (Å²) in [5.74, 6) is 0. The van der Waals surface area contributed by atoms with Gasteiger partial charge in [-0.05, 0) is 12.5 Å². The molecule has 0 saturated heterocycles. The lowest BCUT2D eigenvalue weighted by Crippen LogP contribution is -2.03. The normalized spacial score (nSPS) is 11.4. The lowest BCUT2D eigenvalue weighted by Gasteiger charge is -2.02. The van der Waals surface area contributed by atoms with Crippen LogP contribution in [-0.4, -0.2) is 34.6 Å². The summed E-state index contributed by atoms with van der Waals surface area (Å²) in [6.45, 7) is 2.70.